The van der Waals surface area contributed by atoms with Gasteiger partial charge in [0, 0.05) is 12.8 Å². The molecule has 0 heterocycles. The molecule has 0 radical (unpaired) electrons. The number of halogens is 10. The van der Waals surface area contributed by atoms with Crippen molar-refractivity contribution < 1.29 is 39.5 Å². The predicted octanol–water partition coefficient (Wildman–Crippen LogP) is 4.67. The molecule has 0 aliphatic rings. The fourth-order valence-corrected chi connectivity index (χ4v) is 1.15. The van der Waals surface area contributed by atoms with Crippen LogP contribution >= 0.6 is 22.6 Å². The van der Waals surface area contributed by atoms with E-state index in [0.29, 0.717) is 0 Å². The summed E-state index contributed by atoms with van der Waals surface area (Å²) in [5.74, 6) is -15.6. The largest absolute Gasteiger partial charge is 0.459 e. The van der Waals surface area contributed by atoms with Crippen LogP contribution in [0, 0.1) is 0 Å². The molecule has 0 aromatic heterocycles. The monoisotopic (exact) mass is 388 g/mol. The minimum absolute atomic E-state index is 0.946. The predicted molar refractivity (Wildman–Crippen MR) is 49.0 cm³/mol. The second-order valence-electron chi connectivity index (χ2n) is 3.27. The van der Waals surface area contributed by atoms with Gasteiger partial charge in [0.15, 0.2) is 0 Å². The maximum absolute atomic E-state index is 12.6. The molecule has 0 fully saturated rings. The van der Waals surface area contributed by atoms with Crippen molar-refractivity contribution in [2.24, 2.45) is 0 Å². The lowest BCUT2D eigenvalue weighted by atomic mass is 10.0. The second-order valence-corrected chi connectivity index (χ2v) is 4.03. The molecule has 0 aliphatic heterocycles. The third kappa shape index (κ3) is 4.05. The molecule has 0 amide bonds. The fourth-order valence-electron chi connectivity index (χ4n) is 0.771. The van der Waals surface area contributed by atoms with E-state index >= 15 is 0 Å². The number of alkyl halides is 10. The van der Waals surface area contributed by atoms with Gasteiger partial charge in [-0.05, 0) is 0 Å². The summed E-state index contributed by atoms with van der Waals surface area (Å²) in [4.78, 5) is 0. The zero-order valence-electron chi connectivity index (χ0n) is 7.90. The molecule has 0 N–H and O–H groups in total. The van der Waals surface area contributed by atoms with Gasteiger partial charge in [0.1, 0.15) is 0 Å². The highest BCUT2D eigenvalue weighted by Crippen LogP contribution is 2.49. The Morgan fingerprint density at radius 3 is 1.41 bits per heavy atom. The Balaban J connectivity index is 4.81. The summed E-state index contributed by atoms with van der Waals surface area (Å²) in [6.45, 7) is 0. The smallest absolute Gasteiger partial charge is 0.206 e. The molecular formula is C7H6F9I. The van der Waals surface area contributed by atoms with Gasteiger partial charge in [-0.25, -0.2) is 8.78 Å². The quantitative estimate of drug-likeness (QED) is 0.365. The van der Waals surface area contributed by atoms with Crippen molar-refractivity contribution in [2.75, 3.05) is 4.43 Å². The highest BCUT2D eigenvalue weighted by atomic mass is 127. The van der Waals surface area contributed by atoms with Crippen LogP contribution in [0.4, 0.5) is 39.5 Å². The molecular weight excluding hydrogens is 382 g/mol. The van der Waals surface area contributed by atoms with E-state index in [1.54, 1.807) is 0 Å². The molecule has 17 heavy (non-hydrogen) atoms. The lowest BCUT2D eigenvalue weighted by Gasteiger charge is -2.29. The minimum atomic E-state index is -6.48. The lowest BCUT2D eigenvalue weighted by Crippen LogP contribution is -2.52. The van der Waals surface area contributed by atoms with Crippen molar-refractivity contribution in [3.63, 3.8) is 0 Å². The molecule has 0 bridgehead atoms. The molecule has 0 spiro atoms. The Morgan fingerprint density at radius 2 is 1.12 bits per heavy atom. The van der Waals surface area contributed by atoms with E-state index in [0.717, 1.165) is 22.6 Å². The van der Waals surface area contributed by atoms with Gasteiger partial charge in [-0.3, -0.25) is 0 Å². The minimum Gasteiger partial charge on any atom is -0.206 e. The van der Waals surface area contributed by atoms with Crippen molar-refractivity contribution in [2.45, 2.75) is 36.8 Å². The molecule has 10 heteroatoms. The molecule has 0 saturated heterocycles. The summed E-state index contributed by atoms with van der Waals surface area (Å²) in [6, 6.07) is 0. The van der Waals surface area contributed by atoms with Crippen LogP contribution in [0.25, 0.3) is 0 Å². The van der Waals surface area contributed by atoms with E-state index in [2.05, 4.69) is 0 Å². The van der Waals surface area contributed by atoms with Gasteiger partial charge in [-0.2, -0.15) is 30.7 Å². The molecule has 0 rings (SSSR count). The van der Waals surface area contributed by atoms with E-state index in [9.17, 15) is 39.5 Å². The van der Waals surface area contributed by atoms with Crippen molar-refractivity contribution in [1.82, 2.24) is 0 Å². The Labute approximate surface area is 104 Å². The highest BCUT2D eigenvalue weighted by molar-refractivity contribution is 14.1. The first-order chi connectivity index (χ1) is 7.27. The van der Waals surface area contributed by atoms with Crippen molar-refractivity contribution in [3.8, 4) is 0 Å². The van der Waals surface area contributed by atoms with Gasteiger partial charge in [0.25, 0.3) is 5.92 Å². The summed E-state index contributed by atoms with van der Waals surface area (Å²) in [6.07, 6.45) is -10.5. The number of hydrogen-bond donors (Lipinski definition) is 0. The van der Waals surface area contributed by atoms with Gasteiger partial charge in [0.2, 0.25) is 0 Å². The SMILES string of the molecule is FC(F)(CI)CCC(F)(F)C(F)(F)C(F)(F)F. The first-order valence-corrected chi connectivity index (χ1v) is 5.55. The van der Waals surface area contributed by atoms with Gasteiger partial charge in [-0.15, -0.1) is 0 Å². The molecule has 0 aromatic carbocycles. The summed E-state index contributed by atoms with van der Waals surface area (Å²) < 4.78 is 109. The molecule has 104 valence electrons. The summed E-state index contributed by atoms with van der Waals surface area (Å²) in [7, 11) is 0. The van der Waals surface area contributed by atoms with Crippen LogP contribution in [-0.4, -0.2) is 28.4 Å². The standard InChI is InChI=1S/C7H6F9I/c8-4(9,3-17)1-2-5(10,11)6(12,13)7(14,15)16/h1-3H2. The Bertz CT molecular complexity index is 257. The first-order valence-electron chi connectivity index (χ1n) is 4.03. The van der Waals surface area contributed by atoms with Gasteiger partial charge < -0.3 is 0 Å². The number of rotatable bonds is 5. The zero-order valence-corrected chi connectivity index (χ0v) is 10.1. The van der Waals surface area contributed by atoms with Crippen molar-refractivity contribution >= 4 is 22.6 Å². The van der Waals surface area contributed by atoms with Gasteiger partial charge in [-0.1, -0.05) is 22.6 Å². The maximum Gasteiger partial charge on any atom is 0.459 e. The van der Waals surface area contributed by atoms with Crippen molar-refractivity contribution in [1.29, 1.82) is 0 Å². The van der Waals surface area contributed by atoms with E-state index in [4.69, 9.17) is 0 Å². The molecule has 0 aromatic rings. The molecule has 0 atom stereocenters. The average Bonchev–Trinajstić information content (AvgIpc) is 2.13. The molecule has 0 nitrogen and oxygen atoms in total. The van der Waals surface area contributed by atoms with Crippen LogP contribution in [0.3, 0.4) is 0 Å². The van der Waals surface area contributed by atoms with Crippen LogP contribution < -0.4 is 0 Å². The number of hydrogen-bond acceptors (Lipinski definition) is 0. The summed E-state index contributed by atoms with van der Waals surface area (Å²) >= 11 is 1.11. The third-order valence-electron chi connectivity index (χ3n) is 1.82. The Kier molecular flexibility index (Phi) is 5.03. The Morgan fingerprint density at radius 1 is 0.706 bits per heavy atom. The Hall–Kier alpha value is 0.100. The van der Waals surface area contributed by atoms with Crippen LogP contribution in [-0.2, 0) is 0 Å². The summed E-state index contributed by atoms with van der Waals surface area (Å²) in [5.41, 5.74) is 0. The molecule has 0 unspecified atom stereocenters. The van der Waals surface area contributed by atoms with Crippen LogP contribution in [0.15, 0.2) is 0 Å². The molecule has 0 aliphatic carbocycles. The highest BCUT2D eigenvalue weighted by Gasteiger charge is 2.72. The van der Waals surface area contributed by atoms with E-state index in [-0.39, 0.29) is 0 Å². The van der Waals surface area contributed by atoms with Crippen molar-refractivity contribution in [3.05, 3.63) is 0 Å². The van der Waals surface area contributed by atoms with Crippen LogP contribution in [0.5, 0.6) is 0 Å². The third-order valence-corrected chi connectivity index (χ3v) is 2.93. The average molecular weight is 388 g/mol. The maximum atomic E-state index is 12.6. The lowest BCUT2D eigenvalue weighted by molar-refractivity contribution is -0.356. The summed E-state index contributed by atoms with van der Waals surface area (Å²) in [5, 5.41) is 0. The normalized spacial score (nSPS) is 15.2. The van der Waals surface area contributed by atoms with E-state index in [1.807, 2.05) is 0 Å². The van der Waals surface area contributed by atoms with Gasteiger partial charge in [0.05, 0.1) is 4.43 Å². The van der Waals surface area contributed by atoms with Crippen LogP contribution in [0.2, 0.25) is 0 Å². The van der Waals surface area contributed by atoms with E-state index in [1.165, 1.54) is 0 Å². The van der Waals surface area contributed by atoms with Crippen LogP contribution in [0.1, 0.15) is 12.8 Å². The fraction of sp³-hybridized carbons (Fsp3) is 1.00. The first kappa shape index (κ1) is 17.1. The zero-order chi connectivity index (χ0) is 14.1. The molecule has 0 saturated carbocycles. The van der Waals surface area contributed by atoms with E-state index < -0.39 is 41.2 Å². The second kappa shape index (κ2) is 5.00. The van der Waals surface area contributed by atoms with Gasteiger partial charge >= 0.3 is 18.0 Å². The topological polar surface area (TPSA) is 0 Å².